The molecular formula is C16H22BrNO3. The molecule has 0 aromatic heterocycles. The van der Waals surface area contributed by atoms with E-state index >= 15 is 0 Å². The summed E-state index contributed by atoms with van der Waals surface area (Å²) in [6.45, 7) is -0.109. The zero-order chi connectivity index (χ0) is 14.7. The molecule has 1 N–H and O–H groups in total. The number of halogens is 1. The molecule has 4 bridgehead atoms. The van der Waals surface area contributed by atoms with E-state index in [1.165, 1.54) is 19.3 Å². The quantitative estimate of drug-likeness (QED) is 0.622. The van der Waals surface area contributed by atoms with Crippen LogP contribution in [0.15, 0.2) is 0 Å². The van der Waals surface area contributed by atoms with Crippen molar-refractivity contribution in [2.24, 2.45) is 17.3 Å². The summed E-state index contributed by atoms with van der Waals surface area (Å²) < 4.78 is 5.54. The van der Waals surface area contributed by atoms with Crippen LogP contribution in [0.1, 0.15) is 51.4 Å². The molecule has 5 saturated carbocycles. The predicted molar refractivity (Wildman–Crippen MR) is 80.9 cm³/mol. The molecule has 0 saturated heterocycles. The molecule has 116 valence electrons. The lowest BCUT2D eigenvalue weighted by atomic mass is 9.49. The van der Waals surface area contributed by atoms with Crippen LogP contribution in [0.2, 0.25) is 0 Å². The smallest absolute Gasteiger partial charge is 0.312 e. The third-order valence-electron chi connectivity index (χ3n) is 5.70. The van der Waals surface area contributed by atoms with Gasteiger partial charge in [0, 0.05) is 10.4 Å². The number of amides is 1. The van der Waals surface area contributed by atoms with Gasteiger partial charge < -0.3 is 10.1 Å². The van der Waals surface area contributed by atoms with Gasteiger partial charge in [0.05, 0.1) is 5.41 Å². The van der Waals surface area contributed by atoms with Crippen LogP contribution >= 0.6 is 15.9 Å². The van der Waals surface area contributed by atoms with Gasteiger partial charge in [-0.15, -0.1) is 0 Å². The summed E-state index contributed by atoms with van der Waals surface area (Å²) >= 11 is 3.89. The first-order chi connectivity index (χ1) is 9.96. The Bertz CT molecular complexity index is 474. The number of carbonyl (C=O) groups is 2. The van der Waals surface area contributed by atoms with Crippen LogP contribution in [0.5, 0.6) is 0 Å². The normalized spacial score (nSPS) is 43.7. The highest BCUT2D eigenvalue weighted by Gasteiger charge is 2.60. The van der Waals surface area contributed by atoms with E-state index in [-0.39, 0.29) is 28.2 Å². The van der Waals surface area contributed by atoms with E-state index in [4.69, 9.17) is 4.74 Å². The van der Waals surface area contributed by atoms with E-state index in [1.54, 1.807) is 0 Å². The van der Waals surface area contributed by atoms with Crippen molar-refractivity contribution in [1.29, 1.82) is 0 Å². The van der Waals surface area contributed by atoms with Gasteiger partial charge in [0.1, 0.15) is 0 Å². The minimum atomic E-state index is -0.326. The van der Waals surface area contributed by atoms with E-state index in [9.17, 15) is 9.59 Å². The molecule has 21 heavy (non-hydrogen) atoms. The molecule has 2 unspecified atom stereocenters. The van der Waals surface area contributed by atoms with Gasteiger partial charge in [-0.05, 0) is 63.2 Å². The maximum Gasteiger partial charge on any atom is 0.312 e. The molecule has 4 nitrogen and oxygen atoms in total. The summed E-state index contributed by atoms with van der Waals surface area (Å²) in [4.78, 5) is 24.3. The minimum Gasteiger partial charge on any atom is -0.455 e. The largest absolute Gasteiger partial charge is 0.455 e. The molecule has 0 aromatic carbocycles. The lowest BCUT2D eigenvalue weighted by Crippen LogP contribution is -2.56. The molecule has 5 aliphatic rings. The Hall–Kier alpha value is -0.580. The Morgan fingerprint density at radius 3 is 2.38 bits per heavy atom. The van der Waals surface area contributed by atoms with Crippen molar-refractivity contribution in [2.45, 2.75) is 61.7 Å². The van der Waals surface area contributed by atoms with Gasteiger partial charge in [0.15, 0.2) is 6.61 Å². The zero-order valence-corrected chi connectivity index (χ0v) is 13.8. The third kappa shape index (κ3) is 2.62. The van der Waals surface area contributed by atoms with Crippen LogP contribution < -0.4 is 5.32 Å². The number of rotatable bonds is 4. The second kappa shape index (κ2) is 4.71. The van der Waals surface area contributed by atoms with Crippen molar-refractivity contribution in [3.8, 4) is 0 Å². The monoisotopic (exact) mass is 355 g/mol. The van der Waals surface area contributed by atoms with E-state index in [1.807, 2.05) is 0 Å². The standard InChI is InChI=1S/C16H22BrNO3/c17-16-6-10-3-11(7-16)5-15(4-10,9-16)14(20)21-8-13(19)18-12-1-2-12/h10-12H,1-9H2,(H,18,19)/t10-,11+,15?,16?. The van der Waals surface area contributed by atoms with Crippen LogP contribution in [0.25, 0.3) is 0 Å². The van der Waals surface area contributed by atoms with Crippen LogP contribution in [-0.2, 0) is 14.3 Å². The first-order valence-corrected chi connectivity index (χ1v) is 8.91. The van der Waals surface area contributed by atoms with Crippen LogP contribution in [0, 0.1) is 17.3 Å². The summed E-state index contributed by atoms with van der Waals surface area (Å²) in [5, 5.41) is 2.87. The van der Waals surface area contributed by atoms with Gasteiger partial charge in [-0.25, -0.2) is 0 Å². The first kappa shape index (κ1) is 14.0. The van der Waals surface area contributed by atoms with Crippen molar-refractivity contribution in [3.63, 3.8) is 0 Å². The van der Waals surface area contributed by atoms with Crippen LogP contribution in [0.4, 0.5) is 0 Å². The molecule has 0 radical (unpaired) electrons. The predicted octanol–water partition coefficient (Wildman–Crippen LogP) is 2.54. The van der Waals surface area contributed by atoms with Gasteiger partial charge >= 0.3 is 5.97 Å². The number of hydrogen-bond acceptors (Lipinski definition) is 3. The van der Waals surface area contributed by atoms with E-state index in [2.05, 4.69) is 21.2 Å². The fourth-order valence-electron chi connectivity index (χ4n) is 5.17. The Morgan fingerprint density at radius 1 is 1.14 bits per heavy atom. The maximum absolute atomic E-state index is 12.6. The zero-order valence-electron chi connectivity index (χ0n) is 12.2. The number of carbonyl (C=O) groups excluding carboxylic acids is 2. The molecule has 5 heteroatoms. The Balaban J connectivity index is 1.40. The molecule has 4 atom stereocenters. The first-order valence-electron chi connectivity index (χ1n) is 8.12. The van der Waals surface area contributed by atoms with Gasteiger partial charge in [-0.1, -0.05) is 15.9 Å². The molecule has 0 aromatic rings. The molecular weight excluding hydrogens is 334 g/mol. The van der Waals surface area contributed by atoms with Gasteiger partial charge in [-0.3, -0.25) is 9.59 Å². The lowest BCUT2D eigenvalue weighted by Gasteiger charge is -2.58. The highest BCUT2D eigenvalue weighted by atomic mass is 79.9. The summed E-state index contributed by atoms with van der Waals surface area (Å²) in [6, 6.07) is 0.321. The van der Waals surface area contributed by atoms with Gasteiger partial charge in [0.2, 0.25) is 0 Å². The average molecular weight is 356 g/mol. The summed E-state index contributed by atoms with van der Waals surface area (Å²) in [5.74, 6) is 1.02. The Labute approximate surface area is 133 Å². The van der Waals surface area contributed by atoms with Crippen molar-refractivity contribution >= 4 is 27.8 Å². The summed E-state index contributed by atoms with van der Waals surface area (Å²) in [6.07, 6.45) is 8.57. The van der Waals surface area contributed by atoms with Crippen LogP contribution in [-0.4, -0.2) is 28.8 Å². The minimum absolute atomic E-state index is 0.109. The lowest BCUT2D eigenvalue weighted by molar-refractivity contribution is -0.171. The van der Waals surface area contributed by atoms with Gasteiger partial charge in [0.25, 0.3) is 5.91 Å². The highest BCUT2D eigenvalue weighted by Crippen LogP contribution is 2.64. The number of nitrogens with one attached hydrogen (secondary N) is 1. The Kier molecular flexibility index (Phi) is 3.15. The second-order valence-electron chi connectivity index (χ2n) is 7.81. The SMILES string of the molecule is O=C(COC(=O)C12C[C@@H]3C[C@@H](CC(Br)(C3)C1)C2)NC1CC1. The van der Waals surface area contributed by atoms with Crippen molar-refractivity contribution < 1.29 is 14.3 Å². The molecule has 5 rings (SSSR count). The molecule has 5 fully saturated rings. The second-order valence-corrected chi connectivity index (χ2v) is 9.49. The number of esters is 1. The van der Waals surface area contributed by atoms with E-state index in [0.717, 1.165) is 32.1 Å². The molecule has 0 spiro atoms. The van der Waals surface area contributed by atoms with Crippen molar-refractivity contribution in [3.05, 3.63) is 0 Å². The van der Waals surface area contributed by atoms with E-state index < -0.39 is 0 Å². The number of hydrogen-bond donors (Lipinski definition) is 1. The van der Waals surface area contributed by atoms with Crippen molar-refractivity contribution in [2.75, 3.05) is 6.61 Å². The molecule has 1 amide bonds. The van der Waals surface area contributed by atoms with Crippen LogP contribution in [0.3, 0.4) is 0 Å². The summed E-state index contributed by atoms with van der Waals surface area (Å²) in [5.41, 5.74) is -0.326. The number of ether oxygens (including phenoxy) is 1. The molecule has 0 aliphatic heterocycles. The summed E-state index contributed by atoms with van der Waals surface area (Å²) in [7, 11) is 0. The average Bonchev–Trinajstić information content (AvgIpc) is 3.16. The molecule has 0 heterocycles. The topological polar surface area (TPSA) is 55.4 Å². The third-order valence-corrected chi connectivity index (χ3v) is 6.63. The Morgan fingerprint density at radius 2 is 1.81 bits per heavy atom. The fourth-order valence-corrected chi connectivity index (χ4v) is 6.62. The highest BCUT2D eigenvalue weighted by molar-refractivity contribution is 9.10. The maximum atomic E-state index is 12.6. The molecule has 5 aliphatic carbocycles. The van der Waals surface area contributed by atoms with Crippen molar-refractivity contribution in [1.82, 2.24) is 5.32 Å². The fraction of sp³-hybridized carbons (Fsp3) is 0.875. The number of alkyl halides is 1. The van der Waals surface area contributed by atoms with E-state index in [0.29, 0.717) is 17.9 Å². The van der Waals surface area contributed by atoms with Gasteiger partial charge in [-0.2, -0.15) is 0 Å².